The van der Waals surface area contributed by atoms with Gasteiger partial charge in [0.2, 0.25) is 5.91 Å². The van der Waals surface area contributed by atoms with Crippen molar-refractivity contribution >= 4 is 22.2 Å². The Bertz CT molecular complexity index is 1310. The maximum Gasteiger partial charge on any atom is 0.416 e. The molecule has 6 nitrogen and oxygen atoms in total. The van der Waals surface area contributed by atoms with E-state index in [2.05, 4.69) is 10.5 Å². The maximum absolute atomic E-state index is 13.2. The lowest BCUT2D eigenvalue weighted by molar-refractivity contribution is -0.137. The van der Waals surface area contributed by atoms with Crippen molar-refractivity contribution in [1.82, 2.24) is 5.43 Å². The molecule has 3 aromatic rings. The van der Waals surface area contributed by atoms with Gasteiger partial charge in [-0.3, -0.25) is 9.35 Å². The maximum atomic E-state index is 13.2. The molecule has 0 saturated carbocycles. The molecule has 10 heteroatoms. The smallest absolute Gasteiger partial charge is 0.282 e. The molecular weight excluding hydrogens is 481 g/mol. The lowest BCUT2D eigenvalue weighted by Gasteiger charge is -2.14. The summed E-state index contributed by atoms with van der Waals surface area (Å²) in [5, 5.41) is 3.87. The van der Waals surface area contributed by atoms with E-state index in [0.29, 0.717) is 24.6 Å². The molecule has 0 atom stereocenters. The van der Waals surface area contributed by atoms with Crippen molar-refractivity contribution in [3.8, 4) is 11.1 Å². The van der Waals surface area contributed by atoms with Crippen molar-refractivity contribution in [3.05, 3.63) is 89.5 Å². The zero-order valence-corrected chi connectivity index (χ0v) is 19.3. The number of carbonyl (C=O) groups excluding carboxylic acids is 1. The number of hydrazone groups is 1. The highest BCUT2D eigenvalue weighted by Crippen LogP contribution is 2.36. The van der Waals surface area contributed by atoms with Crippen LogP contribution >= 0.6 is 0 Å². The minimum Gasteiger partial charge on any atom is -0.282 e. The van der Waals surface area contributed by atoms with E-state index in [-0.39, 0.29) is 29.0 Å². The number of rotatable bonds is 9. The summed E-state index contributed by atoms with van der Waals surface area (Å²) in [6, 6.07) is 17.8. The molecule has 0 spiro atoms. The van der Waals surface area contributed by atoms with E-state index in [9.17, 15) is 30.9 Å². The topological polar surface area (TPSA) is 95.8 Å². The summed E-state index contributed by atoms with van der Waals surface area (Å²) < 4.78 is 72.9. The number of unbranched alkanes of at least 4 members (excludes halogenated alkanes) is 1. The first kappa shape index (κ1) is 26.1. The van der Waals surface area contributed by atoms with Gasteiger partial charge in [0.05, 0.1) is 11.8 Å². The molecule has 0 heterocycles. The number of alkyl halides is 3. The van der Waals surface area contributed by atoms with Gasteiger partial charge in [-0.2, -0.15) is 26.7 Å². The minimum absolute atomic E-state index is 0.0899. The van der Waals surface area contributed by atoms with Gasteiger partial charge in [-0.1, -0.05) is 54.6 Å². The number of amides is 1. The fourth-order valence-corrected chi connectivity index (χ4v) is 4.17. The molecular formula is C25H23F3N2O4S. The van der Waals surface area contributed by atoms with Gasteiger partial charge in [0.1, 0.15) is 4.90 Å². The summed E-state index contributed by atoms with van der Waals surface area (Å²) in [5.74, 6) is -0.329. The van der Waals surface area contributed by atoms with Crippen molar-refractivity contribution < 1.29 is 30.9 Å². The number of nitrogens with zero attached hydrogens (tertiary/aromatic N) is 1. The molecule has 0 aliphatic rings. The zero-order chi connectivity index (χ0) is 25.5. The van der Waals surface area contributed by atoms with Gasteiger partial charge in [0.15, 0.2) is 0 Å². The van der Waals surface area contributed by atoms with Gasteiger partial charge in [-0.15, -0.1) is 0 Å². The minimum atomic E-state index is -4.81. The second-order valence-electron chi connectivity index (χ2n) is 7.76. The molecule has 0 bridgehead atoms. The molecule has 1 amide bonds. The third-order valence-electron chi connectivity index (χ3n) is 5.19. The summed E-state index contributed by atoms with van der Waals surface area (Å²) in [5.41, 5.74) is 2.48. The van der Waals surface area contributed by atoms with Crippen LogP contribution < -0.4 is 5.43 Å². The van der Waals surface area contributed by atoms with Gasteiger partial charge < -0.3 is 0 Å². The van der Waals surface area contributed by atoms with Crippen LogP contribution in [-0.4, -0.2) is 25.1 Å². The summed E-state index contributed by atoms with van der Waals surface area (Å²) in [6.45, 7) is 0. The molecule has 3 aromatic carbocycles. The van der Waals surface area contributed by atoms with Crippen LogP contribution in [0.25, 0.3) is 11.1 Å². The van der Waals surface area contributed by atoms with Crippen LogP contribution in [0.4, 0.5) is 13.2 Å². The standard InChI is InChI=1S/C25H23F3N2O4S/c26-25(27,28)20-14-15-23(35(32,33)34)22(16-20)21-12-6-5-11-19(21)17-29-30-24(31)13-7-4-10-18-8-2-1-3-9-18/h1-3,5-6,8-9,11-12,14-17H,4,7,10,13H2,(H,30,31)(H,32,33,34). The largest absolute Gasteiger partial charge is 0.416 e. The Hall–Kier alpha value is -3.50. The Kier molecular flexibility index (Phi) is 8.42. The molecule has 0 saturated heterocycles. The Morgan fingerprint density at radius 3 is 2.31 bits per heavy atom. The van der Waals surface area contributed by atoms with E-state index in [0.717, 1.165) is 12.8 Å². The molecule has 184 valence electrons. The monoisotopic (exact) mass is 504 g/mol. The number of hydrogen-bond donors (Lipinski definition) is 2. The summed E-state index contributed by atoms with van der Waals surface area (Å²) in [7, 11) is -4.81. The molecule has 0 fully saturated rings. The highest BCUT2D eigenvalue weighted by molar-refractivity contribution is 7.86. The Balaban J connectivity index is 1.73. The highest BCUT2D eigenvalue weighted by Gasteiger charge is 2.32. The fourth-order valence-electron chi connectivity index (χ4n) is 3.49. The van der Waals surface area contributed by atoms with Crippen molar-refractivity contribution in [3.63, 3.8) is 0 Å². The van der Waals surface area contributed by atoms with Crippen LogP contribution in [0.5, 0.6) is 0 Å². The second-order valence-corrected chi connectivity index (χ2v) is 9.15. The molecule has 3 rings (SSSR count). The first-order valence-corrected chi connectivity index (χ1v) is 12.1. The Morgan fingerprint density at radius 2 is 1.63 bits per heavy atom. The predicted octanol–water partition coefficient (Wildman–Crippen LogP) is 5.48. The van der Waals surface area contributed by atoms with Gasteiger partial charge in [-0.25, -0.2) is 5.43 Å². The SMILES string of the molecule is O=C(CCCCc1ccccc1)NN=Cc1ccccc1-c1cc(C(F)(F)F)ccc1S(=O)(=O)O. The van der Waals surface area contributed by atoms with Crippen LogP contribution in [0.3, 0.4) is 0 Å². The zero-order valence-electron chi connectivity index (χ0n) is 18.5. The molecule has 0 aliphatic heterocycles. The second kappa shape index (κ2) is 11.3. The number of hydrogen-bond acceptors (Lipinski definition) is 4. The number of nitrogens with one attached hydrogen (secondary N) is 1. The average molecular weight is 505 g/mol. The van der Waals surface area contributed by atoms with Crippen LogP contribution in [0, 0.1) is 0 Å². The lowest BCUT2D eigenvalue weighted by atomic mass is 9.98. The fraction of sp³-hybridized carbons (Fsp3) is 0.200. The summed E-state index contributed by atoms with van der Waals surface area (Å²) >= 11 is 0. The number of halogens is 3. The number of carbonyl (C=O) groups is 1. The predicted molar refractivity (Wildman–Crippen MR) is 126 cm³/mol. The van der Waals surface area contributed by atoms with Gasteiger partial charge in [0, 0.05) is 17.5 Å². The Morgan fingerprint density at radius 1 is 0.943 bits per heavy atom. The van der Waals surface area contributed by atoms with Crippen molar-refractivity contribution in [1.29, 1.82) is 0 Å². The molecule has 2 N–H and O–H groups in total. The third-order valence-corrected chi connectivity index (χ3v) is 6.10. The summed E-state index contributed by atoms with van der Waals surface area (Å²) in [4.78, 5) is 11.4. The van der Waals surface area contributed by atoms with Crippen LogP contribution in [0.2, 0.25) is 0 Å². The van der Waals surface area contributed by atoms with E-state index in [1.165, 1.54) is 30.0 Å². The number of benzene rings is 3. The first-order chi connectivity index (χ1) is 16.6. The average Bonchev–Trinajstić information content (AvgIpc) is 2.81. The van der Waals surface area contributed by atoms with Crippen molar-refractivity contribution in [2.75, 3.05) is 0 Å². The van der Waals surface area contributed by atoms with E-state index >= 15 is 0 Å². The first-order valence-electron chi connectivity index (χ1n) is 10.7. The van der Waals surface area contributed by atoms with E-state index in [1.54, 1.807) is 6.07 Å². The Labute approximate surface area is 201 Å². The van der Waals surface area contributed by atoms with Crippen LogP contribution in [0.1, 0.15) is 36.0 Å². The van der Waals surface area contributed by atoms with Crippen molar-refractivity contribution in [2.45, 2.75) is 36.8 Å². The molecule has 0 unspecified atom stereocenters. The van der Waals surface area contributed by atoms with E-state index in [4.69, 9.17) is 0 Å². The lowest BCUT2D eigenvalue weighted by Crippen LogP contribution is -2.17. The van der Waals surface area contributed by atoms with Crippen LogP contribution in [0.15, 0.2) is 82.8 Å². The molecule has 35 heavy (non-hydrogen) atoms. The molecule has 0 aliphatic carbocycles. The van der Waals surface area contributed by atoms with E-state index in [1.807, 2.05) is 30.3 Å². The van der Waals surface area contributed by atoms with Gasteiger partial charge in [0.25, 0.3) is 10.1 Å². The molecule has 0 radical (unpaired) electrons. The van der Waals surface area contributed by atoms with Crippen molar-refractivity contribution in [2.24, 2.45) is 5.10 Å². The highest BCUT2D eigenvalue weighted by atomic mass is 32.2. The van der Waals surface area contributed by atoms with Gasteiger partial charge >= 0.3 is 6.18 Å². The normalized spacial score (nSPS) is 12.1. The van der Waals surface area contributed by atoms with Gasteiger partial charge in [-0.05, 0) is 48.6 Å². The quantitative estimate of drug-likeness (QED) is 0.175. The third kappa shape index (κ3) is 7.49. The molecule has 0 aromatic heterocycles. The number of aryl methyl sites for hydroxylation is 1. The van der Waals surface area contributed by atoms with E-state index < -0.39 is 26.8 Å². The van der Waals surface area contributed by atoms with Crippen LogP contribution in [-0.2, 0) is 27.5 Å². The summed E-state index contributed by atoms with van der Waals surface area (Å²) in [6.07, 6.45) is -0.952.